The van der Waals surface area contributed by atoms with Gasteiger partial charge in [0.25, 0.3) is 5.69 Å². The van der Waals surface area contributed by atoms with Gasteiger partial charge >= 0.3 is 0 Å². The third kappa shape index (κ3) is 4.23. The molecule has 0 amide bonds. The average molecular weight is 240 g/mol. The minimum Gasteiger partial charge on any atom is -0.395 e. The van der Waals surface area contributed by atoms with E-state index in [2.05, 4.69) is 15.6 Å². The van der Waals surface area contributed by atoms with Crippen molar-refractivity contribution in [3.05, 3.63) is 22.2 Å². The second-order valence-electron chi connectivity index (χ2n) is 3.43. The van der Waals surface area contributed by atoms with Crippen molar-refractivity contribution in [2.24, 2.45) is 0 Å². The van der Waals surface area contributed by atoms with Crippen molar-refractivity contribution < 1.29 is 10.0 Å². The van der Waals surface area contributed by atoms with Crippen molar-refractivity contribution in [1.29, 1.82) is 0 Å². The first-order valence-electron chi connectivity index (χ1n) is 5.42. The number of nitro groups is 1. The van der Waals surface area contributed by atoms with Gasteiger partial charge in [0.05, 0.1) is 23.7 Å². The average Bonchev–Trinajstić information content (AvgIpc) is 2.33. The summed E-state index contributed by atoms with van der Waals surface area (Å²) in [5.41, 5.74) is -0.0287. The quantitative estimate of drug-likeness (QED) is 0.489. The summed E-state index contributed by atoms with van der Waals surface area (Å²) in [4.78, 5) is 14.4. The first-order chi connectivity index (χ1) is 8.17. The first kappa shape index (κ1) is 13.2. The zero-order valence-corrected chi connectivity index (χ0v) is 9.64. The van der Waals surface area contributed by atoms with E-state index < -0.39 is 4.92 Å². The van der Waals surface area contributed by atoms with Crippen LogP contribution in [0, 0.1) is 10.1 Å². The largest absolute Gasteiger partial charge is 0.395 e. The molecule has 0 radical (unpaired) electrons. The number of rotatable bonds is 7. The molecule has 0 atom stereocenters. The van der Waals surface area contributed by atoms with Gasteiger partial charge in [0.15, 0.2) is 0 Å². The summed E-state index contributed by atoms with van der Waals surface area (Å²) in [5.74, 6) is 0.841. The molecule has 0 saturated carbocycles. The topological polar surface area (TPSA) is 100 Å². The van der Waals surface area contributed by atoms with Crippen LogP contribution < -0.4 is 10.6 Å². The lowest BCUT2D eigenvalue weighted by molar-refractivity contribution is -0.384. The predicted molar refractivity (Wildman–Crippen MR) is 65.2 cm³/mol. The van der Waals surface area contributed by atoms with Gasteiger partial charge in [-0.3, -0.25) is 10.1 Å². The van der Waals surface area contributed by atoms with E-state index in [-0.39, 0.29) is 12.3 Å². The van der Waals surface area contributed by atoms with E-state index in [4.69, 9.17) is 5.11 Å². The Hall–Kier alpha value is -1.89. The maximum absolute atomic E-state index is 10.7. The number of anilines is 2. The molecule has 0 aliphatic rings. The Morgan fingerprint density at radius 2 is 1.94 bits per heavy atom. The van der Waals surface area contributed by atoms with Crippen molar-refractivity contribution >= 4 is 17.3 Å². The van der Waals surface area contributed by atoms with Gasteiger partial charge in [0.1, 0.15) is 11.6 Å². The summed E-state index contributed by atoms with van der Waals surface area (Å²) in [6.45, 7) is 2.95. The van der Waals surface area contributed by atoms with Crippen LogP contribution in [0.5, 0.6) is 0 Å². The Morgan fingerprint density at radius 3 is 2.41 bits per heavy atom. The summed E-state index contributed by atoms with van der Waals surface area (Å²) in [5, 5.41) is 25.2. The van der Waals surface area contributed by atoms with Crippen molar-refractivity contribution in [3.63, 3.8) is 0 Å². The molecule has 1 aromatic rings. The van der Waals surface area contributed by atoms with Crippen LogP contribution in [0.3, 0.4) is 0 Å². The van der Waals surface area contributed by atoms with Crippen LogP contribution in [0.25, 0.3) is 0 Å². The highest BCUT2D eigenvalue weighted by Crippen LogP contribution is 2.20. The molecule has 0 fully saturated rings. The number of pyridine rings is 1. The number of nitrogens with one attached hydrogen (secondary N) is 2. The van der Waals surface area contributed by atoms with Crippen LogP contribution in [-0.2, 0) is 0 Å². The molecule has 94 valence electrons. The molecule has 3 N–H and O–H groups in total. The van der Waals surface area contributed by atoms with Gasteiger partial charge in [-0.05, 0) is 6.42 Å². The van der Waals surface area contributed by atoms with Crippen LogP contribution in [0.1, 0.15) is 13.3 Å². The third-order valence-electron chi connectivity index (χ3n) is 1.99. The smallest absolute Gasteiger partial charge is 0.276 e. The van der Waals surface area contributed by atoms with E-state index in [9.17, 15) is 10.1 Å². The molecule has 1 aromatic heterocycles. The summed E-state index contributed by atoms with van der Waals surface area (Å²) < 4.78 is 0. The lowest BCUT2D eigenvalue weighted by Crippen LogP contribution is -2.09. The molecule has 0 spiro atoms. The molecule has 0 bridgehead atoms. The monoisotopic (exact) mass is 240 g/mol. The highest BCUT2D eigenvalue weighted by atomic mass is 16.6. The van der Waals surface area contributed by atoms with E-state index in [0.717, 1.165) is 6.42 Å². The predicted octanol–water partition coefficient (Wildman–Crippen LogP) is 1.22. The standard InChI is InChI=1S/C10H16N4O3/c1-2-3-11-9-6-8(14(16)17)7-10(13-9)12-4-5-15/h6-7,15H,2-5H2,1H3,(H2,11,12,13). The Bertz CT molecular complexity index is 358. The minimum atomic E-state index is -0.469. The first-order valence-corrected chi connectivity index (χ1v) is 5.42. The molecule has 0 aliphatic heterocycles. The van der Waals surface area contributed by atoms with Crippen molar-refractivity contribution in [2.75, 3.05) is 30.3 Å². The fourth-order valence-corrected chi connectivity index (χ4v) is 1.24. The number of aliphatic hydroxyl groups is 1. The molecule has 0 saturated heterocycles. The number of aliphatic hydroxyl groups excluding tert-OH is 1. The summed E-state index contributed by atoms with van der Waals surface area (Å²) in [6, 6.07) is 2.73. The molecule has 0 aromatic carbocycles. The fraction of sp³-hybridized carbons (Fsp3) is 0.500. The number of nitrogens with zero attached hydrogens (tertiary/aromatic N) is 2. The Kier molecular flexibility index (Phi) is 5.15. The lowest BCUT2D eigenvalue weighted by atomic mass is 10.3. The highest BCUT2D eigenvalue weighted by Gasteiger charge is 2.10. The molecular formula is C10H16N4O3. The van der Waals surface area contributed by atoms with Crippen molar-refractivity contribution in [1.82, 2.24) is 4.98 Å². The Labute approximate surface area is 99.0 Å². The molecule has 7 nitrogen and oxygen atoms in total. The zero-order valence-electron chi connectivity index (χ0n) is 9.64. The Morgan fingerprint density at radius 1 is 1.35 bits per heavy atom. The number of hydrogen-bond donors (Lipinski definition) is 3. The second-order valence-corrected chi connectivity index (χ2v) is 3.43. The van der Waals surface area contributed by atoms with E-state index in [1.54, 1.807) is 0 Å². The maximum Gasteiger partial charge on any atom is 0.276 e. The minimum absolute atomic E-state index is 0.0287. The van der Waals surface area contributed by atoms with Gasteiger partial charge in [-0.2, -0.15) is 0 Å². The molecule has 7 heteroatoms. The van der Waals surface area contributed by atoms with Gasteiger partial charge in [-0.25, -0.2) is 4.98 Å². The van der Waals surface area contributed by atoms with Crippen LogP contribution >= 0.6 is 0 Å². The number of hydrogen-bond acceptors (Lipinski definition) is 6. The van der Waals surface area contributed by atoms with Crippen molar-refractivity contribution in [2.45, 2.75) is 13.3 Å². The fourth-order valence-electron chi connectivity index (χ4n) is 1.24. The molecule has 0 aliphatic carbocycles. The van der Waals surface area contributed by atoms with Gasteiger partial charge < -0.3 is 15.7 Å². The third-order valence-corrected chi connectivity index (χ3v) is 1.99. The zero-order chi connectivity index (χ0) is 12.7. The molecule has 0 unspecified atom stereocenters. The lowest BCUT2D eigenvalue weighted by Gasteiger charge is -2.07. The maximum atomic E-state index is 10.7. The molecular weight excluding hydrogens is 224 g/mol. The van der Waals surface area contributed by atoms with Crippen LogP contribution in [0.4, 0.5) is 17.3 Å². The van der Waals surface area contributed by atoms with Gasteiger partial charge in [0, 0.05) is 13.1 Å². The number of aromatic nitrogens is 1. The summed E-state index contributed by atoms with van der Waals surface area (Å²) in [6.07, 6.45) is 0.907. The van der Waals surface area contributed by atoms with E-state index in [0.29, 0.717) is 24.7 Å². The van der Waals surface area contributed by atoms with E-state index in [1.807, 2.05) is 6.92 Å². The summed E-state index contributed by atoms with van der Waals surface area (Å²) in [7, 11) is 0. The molecule has 1 heterocycles. The molecule has 1 rings (SSSR count). The second kappa shape index (κ2) is 6.64. The van der Waals surface area contributed by atoms with Gasteiger partial charge in [-0.15, -0.1) is 0 Å². The SMILES string of the molecule is CCCNc1cc([N+](=O)[O-])cc(NCCO)n1. The Balaban J connectivity index is 2.88. The van der Waals surface area contributed by atoms with Crippen molar-refractivity contribution in [3.8, 4) is 0 Å². The normalized spacial score (nSPS) is 10.0. The van der Waals surface area contributed by atoms with Gasteiger partial charge in [0.2, 0.25) is 0 Å². The van der Waals surface area contributed by atoms with Crippen LogP contribution in [0.2, 0.25) is 0 Å². The summed E-state index contributed by atoms with van der Waals surface area (Å²) >= 11 is 0. The highest BCUT2D eigenvalue weighted by molar-refractivity contribution is 5.54. The van der Waals surface area contributed by atoms with Crippen LogP contribution in [-0.4, -0.2) is 34.7 Å². The van der Waals surface area contributed by atoms with Crippen LogP contribution in [0.15, 0.2) is 12.1 Å². The van der Waals surface area contributed by atoms with Gasteiger partial charge in [-0.1, -0.05) is 6.92 Å². The van der Waals surface area contributed by atoms with E-state index >= 15 is 0 Å². The van der Waals surface area contributed by atoms with E-state index in [1.165, 1.54) is 12.1 Å². The molecule has 17 heavy (non-hydrogen) atoms.